The summed E-state index contributed by atoms with van der Waals surface area (Å²) in [7, 11) is 0. The van der Waals surface area contributed by atoms with E-state index < -0.39 is 23.4 Å². The highest BCUT2D eigenvalue weighted by molar-refractivity contribution is 5.92. The van der Waals surface area contributed by atoms with Gasteiger partial charge >= 0.3 is 0 Å². The number of rotatable bonds is 2. The highest BCUT2D eigenvalue weighted by Gasteiger charge is 2.68. The molecule has 0 amide bonds. The number of hydrogen-bond donors (Lipinski definition) is 2. The number of carbonyl (C=O) groups is 3. The van der Waals surface area contributed by atoms with Crippen LogP contribution in [0.1, 0.15) is 65.2 Å². The van der Waals surface area contributed by atoms with Gasteiger partial charge in [-0.3, -0.25) is 14.4 Å². The molecule has 4 rings (SSSR count). The van der Waals surface area contributed by atoms with Gasteiger partial charge in [-0.2, -0.15) is 0 Å². The van der Waals surface area contributed by atoms with Crippen LogP contribution in [-0.2, 0) is 14.4 Å². The second-order valence-electron chi connectivity index (χ2n) is 9.81. The lowest BCUT2D eigenvalue weighted by Gasteiger charge is -2.59. The second kappa shape index (κ2) is 5.71. The van der Waals surface area contributed by atoms with Crippen molar-refractivity contribution in [3.63, 3.8) is 0 Å². The van der Waals surface area contributed by atoms with Gasteiger partial charge in [-0.05, 0) is 55.3 Å². The minimum absolute atomic E-state index is 0.0565. The van der Waals surface area contributed by atoms with Crippen LogP contribution in [0, 0.1) is 34.5 Å². The Balaban J connectivity index is 1.71. The summed E-state index contributed by atoms with van der Waals surface area (Å²) >= 11 is 0. The maximum Gasteiger partial charge on any atom is 0.190 e. The maximum absolute atomic E-state index is 13.3. The Morgan fingerprint density at radius 2 is 1.88 bits per heavy atom. The van der Waals surface area contributed by atoms with Crippen LogP contribution in [0.3, 0.4) is 0 Å². The van der Waals surface area contributed by atoms with Crippen LogP contribution < -0.4 is 0 Å². The molecular weight excluding hydrogens is 332 g/mol. The molecule has 0 aliphatic heterocycles. The Bertz CT molecular complexity index is 671. The molecule has 4 saturated carbocycles. The maximum atomic E-state index is 13.3. The lowest BCUT2D eigenvalue weighted by Crippen LogP contribution is -2.62. The van der Waals surface area contributed by atoms with E-state index in [0.29, 0.717) is 25.0 Å². The van der Waals surface area contributed by atoms with Crippen molar-refractivity contribution in [2.45, 2.75) is 70.8 Å². The summed E-state index contributed by atoms with van der Waals surface area (Å²) in [4.78, 5) is 37.6. The number of ketones is 3. The Hall–Kier alpha value is -1.07. The molecule has 4 aliphatic carbocycles. The smallest absolute Gasteiger partial charge is 0.190 e. The summed E-state index contributed by atoms with van der Waals surface area (Å²) in [6, 6.07) is 0. The van der Waals surface area contributed by atoms with E-state index in [9.17, 15) is 24.6 Å². The highest BCUT2D eigenvalue weighted by Crippen LogP contribution is 2.67. The minimum Gasteiger partial charge on any atom is -0.388 e. The van der Waals surface area contributed by atoms with Crippen LogP contribution in [0.15, 0.2) is 0 Å². The summed E-state index contributed by atoms with van der Waals surface area (Å²) < 4.78 is 0. The largest absolute Gasteiger partial charge is 0.388 e. The standard InChI is InChI=1S/C21H30O5/c1-19-7-5-13(23)9-12(19)3-4-14-15-6-8-21(26,17(25)11-22)20(15,2)10-16(24)18(14)19/h12,14-15,18,22,26H,3-11H2,1-2H3/t12-,14-,15-,18+,19-,20-,21-/m0/s1. The summed E-state index contributed by atoms with van der Waals surface area (Å²) in [6.07, 6.45) is 5.07. The predicted octanol–water partition coefficient (Wildman–Crippen LogP) is 2.07. The fraction of sp³-hybridized carbons (Fsp3) is 0.857. The van der Waals surface area contributed by atoms with Gasteiger partial charge in [0.15, 0.2) is 5.78 Å². The summed E-state index contributed by atoms with van der Waals surface area (Å²) in [6.45, 7) is 3.40. The molecule has 0 aromatic carbocycles. The number of aliphatic hydroxyl groups excluding tert-OH is 1. The normalized spacial score (nSPS) is 50.8. The van der Waals surface area contributed by atoms with E-state index in [1.165, 1.54) is 0 Å². The molecule has 2 N–H and O–H groups in total. The molecule has 0 radical (unpaired) electrons. The number of carbonyl (C=O) groups excluding carboxylic acids is 3. The van der Waals surface area contributed by atoms with Crippen molar-refractivity contribution >= 4 is 17.3 Å². The van der Waals surface area contributed by atoms with E-state index >= 15 is 0 Å². The molecule has 5 heteroatoms. The van der Waals surface area contributed by atoms with Crippen LogP contribution in [0.5, 0.6) is 0 Å². The predicted molar refractivity (Wildman–Crippen MR) is 94.2 cm³/mol. The molecule has 26 heavy (non-hydrogen) atoms. The molecule has 0 spiro atoms. The lowest BCUT2D eigenvalue weighted by molar-refractivity contribution is -0.178. The zero-order valence-electron chi connectivity index (χ0n) is 15.8. The van der Waals surface area contributed by atoms with Crippen molar-refractivity contribution in [2.24, 2.45) is 34.5 Å². The van der Waals surface area contributed by atoms with Crippen LogP contribution >= 0.6 is 0 Å². The average molecular weight is 362 g/mol. The SMILES string of the molecule is C[C@]12CCC(=O)C[C@@H]1CC[C@@H]1[C@@H]2C(=O)C[C@@]2(C)[C@H]1CC[C@]2(O)C(=O)CO. The molecule has 0 aromatic rings. The molecule has 4 aliphatic rings. The van der Waals surface area contributed by atoms with Gasteiger partial charge in [0.1, 0.15) is 23.8 Å². The highest BCUT2D eigenvalue weighted by atomic mass is 16.3. The van der Waals surface area contributed by atoms with Crippen molar-refractivity contribution in [3.8, 4) is 0 Å². The van der Waals surface area contributed by atoms with Crippen molar-refractivity contribution in [1.82, 2.24) is 0 Å². The Morgan fingerprint density at radius 1 is 1.15 bits per heavy atom. The Kier molecular flexibility index (Phi) is 4.02. The first-order valence-corrected chi connectivity index (χ1v) is 10.1. The van der Waals surface area contributed by atoms with Crippen molar-refractivity contribution < 1.29 is 24.6 Å². The first-order valence-electron chi connectivity index (χ1n) is 10.1. The molecule has 0 bridgehead atoms. The molecule has 0 heterocycles. The van der Waals surface area contributed by atoms with Crippen molar-refractivity contribution in [2.75, 3.05) is 6.61 Å². The van der Waals surface area contributed by atoms with Gasteiger partial charge in [0, 0.05) is 30.6 Å². The number of fused-ring (bicyclic) bond motifs is 5. The molecule has 0 saturated heterocycles. The topological polar surface area (TPSA) is 91.7 Å². The van der Waals surface area contributed by atoms with E-state index in [2.05, 4.69) is 6.92 Å². The Morgan fingerprint density at radius 3 is 2.58 bits per heavy atom. The minimum atomic E-state index is -1.59. The first kappa shape index (κ1) is 18.3. The van der Waals surface area contributed by atoms with Gasteiger partial charge in [-0.25, -0.2) is 0 Å². The third-order valence-electron chi connectivity index (χ3n) is 8.93. The molecule has 4 fully saturated rings. The fourth-order valence-corrected chi connectivity index (χ4v) is 7.45. The van der Waals surface area contributed by atoms with Gasteiger partial charge in [0.05, 0.1) is 0 Å². The monoisotopic (exact) mass is 362 g/mol. The molecule has 7 atom stereocenters. The quantitative estimate of drug-likeness (QED) is 0.785. The van der Waals surface area contributed by atoms with Crippen LogP contribution in [0.4, 0.5) is 0 Å². The molecule has 144 valence electrons. The molecular formula is C21H30O5. The first-order chi connectivity index (χ1) is 12.2. The number of hydrogen-bond acceptors (Lipinski definition) is 5. The third kappa shape index (κ3) is 2.13. The molecule has 0 aromatic heterocycles. The van der Waals surface area contributed by atoms with Gasteiger partial charge in [0.25, 0.3) is 0 Å². The van der Waals surface area contributed by atoms with Crippen molar-refractivity contribution in [3.05, 3.63) is 0 Å². The van der Waals surface area contributed by atoms with Crippen LogP contribution in [-0.4, -0.2) is 39.8 Å². The van der Waals surface area contributed by atoms with E-state index in [4.69, 9.17) is 0 Å². The van der Waals surface area contributed by atoms with E-state index in [-0.39, 0.29) is 41.3 Å². The third-order valence-corrected chi connectivity index (χ3v) is 8.93. The number of Topliss-reactive ketones (excluding diaryl/α,β-unsaturated/α-hetero) is 3. The summed E-state index contributed by atoms with van der Waals surface area (Å²) in [5.74, 6) is 0.468. The van der Waals surface area contributed by atoms with Gasteiger partial charge in [-0.15, -0.1) is 0 Å². The van der Waals surface area contributed by atoms with Crippen molar-refractivity contribution in [1.29, 1.82) is 0 Å². The molecule has 0 unspecified atom stereocenters. The van der Waals surface area contributed by atoms with Gasteiger partial charge in [0.2, 0.25) is 0 Å². The van der Waals surface area contributed by atoms with E-state index in [1.807, 2.05) is 6.92 Å². The van der Waals surface area contributed by atoms with Gasteiger partial charge in [-0.1, -0.05) is 13.8 Å². The zero-order chi connectivity index (χ0) is 18.9. The van der Waals surface area contributed by atoms with Gasteiger partial charge < -0.3 is 10.2 Å². The molecule has 5 nitrogen and oxygen atoms in total. The fourth-order valence-electron chi connectivity index (χ4n) is 7.45. The van der Waals surface area contributed by atoms with Crippen LogP contribution in [0.2, 0.25) is 0 Å². The number of aliphatic hydroxyl groups is 2. The summed E-state index contributed by atoms with van der Waals surface area (Å²) in [5, 5.41) is 20.5. The van der Waals surface area contributed by atoms with E-state index in [0.717, 1.165) is 25.7 Å². The Labute approximate surface area is 154 Å². The van der Waals surface area contributed by atoms with Crippen LogP contribution in [0.25, 0.3) is 0 Å². The lowest BCUT2D eigenvalue weighted by atomic mass is 9.44. The average Bonchev–Trinajstić information content (AvgIpc) is 2.86. The van der Waals surface area contributed by atoms with E-state index in [1.54, 1.807) is 0 Å². The zero-order valence-corrected chi connectivity index (χ0v) is 15.8. The second-order valence-corrected chi connectivity index (χ2v) is 9.81. The summed E-state index contributed by atoms with van der Waals surface area (Å²) in [5.41, 5.74) is -2.50.